The van der Waals surface area contributed by atoms with Crippen LogP contribution in [0.5, 0.6) is 0 Å². The summed E-state index contributed by atoms with van der Waals surface area (Å²) in [6.07, 6.45) is 1.82. The number of nitrogens with zero attached hydrogens (tertiary/aromatic N) is 1. The lowest BCUT2D eigenvalue weighted by Crippen LogP contribution is -2.44. The van der Waals surface area contributed by atoms with Crippen molar-refractivity contribution in [2.45, 2.75) is 18.3 Å². The Morgan fingerprint density at radius 1 is 1.06 bits per heavy atom. The zero-order valence-electron chi connectivity index (χ0n) is 16.8. The molecular formula is C21H25N5O4S. The number of nitrogens with one attached hydrogen (secondary N) is 4. The van der Waals surface area contributed by atoms with Gasteiger partial charge in [-0.2, -0.15) is 5.26 Å². The predicted octanol–water partition coefficient (Wildman–Crippen LogP) is 0.780. The summed E-state index contributed by atoms with van der Waals surface area (Å²) in [5.41, 5.74) is 2.29. The molecule has 0 saturated heterocycles. The van der Waals surface area contributed by atoms with Gasteiger partial charge in [0.25, 0.3) is 0 Å². The predicted molar refractivity (Wildman–Crippen MR) is 118 cm³/mol. The van der Waals surface area contributed by atoms with Crippen LogP contribution in [-0.4, -0.2) is 38.6 Å². The van der Waals surface area contributed by atoms with E-state index in [4.69, 9.17) is 5.26 Å². The standard InChI is InChI=1S/C21H25N5O4S/c1-16(20(13-27)26-31(29,30)14-18-5-3-2-4-6-18)23-12-21(28)24-11-17-7-9-19(10-8-17)25-15-22/h2-10,20,23,25-27H,1,11-14H2,(H,24,28). The van der Waals surface area contributed by atoms with Crippen LogP contribution < -0.4 is 20.7 Å². The van der Waals surface area contributed by atoms with Crippen molar-refractivity contribution in [2.24, 2.45) is 0 Å². The van der Waals surface area contributed by atoms with Crippen molar-refractivity contribution in [2.75, 3.05) is 18.5 Å². The highest BCUT2D eigenvalue weighted by Gasteiger charge is 2.20. The average molecular weight is 444 g/mol. The minimum Gasteiger partial charge on any atom is -0.394 e. The van der Waals surface area contributed by atoms with Crippen LogP contribution >= 0.6 is 0 Å². The summed E-state index contributed by atoms with van der Waals surface area (Å²) >= 11 is 0. The molecule has 0 heterocycles. The molecule has 0 saturated carbocycles. The van der Waals surface area contributed by atoms with E-state index in [2.05, 4.69) is 27.3 Å². The quantitative estimate of drug-likeness (QED) is 0.241. The van der Waals surface area contributed by atoms with E-state index >= 15 is 0 Å². The third kappa shape index (κ3) is 8.47. The zero-order chi connectivity index (χ0) is 22.7. The molecule has 0 aromatic heterocycles. The smallest absolute Gasteiger partial charge is 0.239 e. The third-order valence-corrected chi connectivity index (χ3v) is 5.60. The van der Waals surface area contributed by atoms with E-state index in [0.717, 1.165) is 5.56 Å². The van der Waals surface area contributed by atoms with Crippen LogP contribution in [0.2, 0.25) is 0 Å². The number of benzene rings is 2. The number of nitriles is 1. The van der Waals surface area contributed by atoms with E-state index in [9.17, 15) is 18.3 Å². The Kier molecular flexibility index (Phi) is 9.02. The molecule has 0 fully saturated rings. The molecule has 0 bridgehead atoms. The molecular weight excluding hydrogens is 418 g/mol. The maximum absolute atomic E-state index is 12.3. The second kappa shape index (κ2) is 11.7. The molecule has 0 aliphatic heterocycles. The van der Waals surface area contributed by atoms with E-state index in [1.807, 2.05) is 6.19 Å². The van der Waals surface area contributed by atoms with E-state index in [0.29, 0.717) is 11.3 Å². The van der Waals surface area contributed by atoms with Gasteiger partial charge in [-0.1, -0.05) is 49.0 Å². The Hall–Kier alpha value is -3.39. The van der Waals surface area contributed by atoms with Crippen LogP contribution in [0.25, 0.3) is 0 Å². The van der Waals surface area contributed by atoms with Crippen LogP contribution in [0.4, 0.5) is 5.69 Å². The number of sulfonamides is 1. The van der Waals surface area contributed by atoms with Crippen molar-refractivity contribution < 1.29 is 18.3 Å². The second-order valence-corrected chi connectivity index (χ2v) is 8.44. The topological polar surface area (TPSA) is 143 Å². The molecule has 9 nitrogen and oxygen atoms in total. The lowest BCUT2D eigenvalue weighted by atomic mass is 10.2. The normalized spacial score (nSPS) is 11.7. The van der Waals surface area contributed by atoms with Crippen molar-refractivity contribution in [3.63, 3.8) is 0 Å². The van der Waals surface area contributed by atoms with Gasteiger partial charge in [0.05, 0.1) is 24.9 Å². The summed E-state index contributed by atoms with van der Waals surface area (Å²) in [6, 6.07) is 14.7. The van der Waals surface area contributed by atoms with Gasteiger partial charge in [-0.05, 0) is 23.3 Å². The molecule has 5 N–H and O–H groups in total. The monoisotopic (exact) mass is 443 g/mol. The Morgan fingerprint density at radius 3 is 2.35 bits per heavy atom. The number of hydrogen-bond donors (Lipinski definition) is 5. The molecule has 0 aliphatic carbocycles. The Bertz CT molecular complexity index is 1020. The second-order valence-electron chi connectivity index (χ2n) is 6.69. The van der Waals surface area contributed by atoms with Gasteiger partial charge in [0, 0.05) is 17.9 Å². The van der Waals surface area contributed by atoms with Gasteiger partial charge in [0.2, 0.25) is 15.9 Å². The van der Waals surface area contributed by atoms with Gasteiger partial charge >= 0.3 is 0 Å². The minimum absolute atomic E-state index is 0.135. The van der Waals surface area contributed by atoms with Gasteiger partial charge in [-0.25, -0.2) is 13.1 Å². The molecule has 2 aromatic carbocycles. The van der Waals surface area contributed by atoms with Crippen molar-refractivity contribution in [1.29, 1.82) is 5.26 Å². The molecule has 31 heavy (non-hydrogen) atoms. The number of anilines is 1. The lowest BCUT2D eigenvalue weighted by Gasteiger charge is -2.20. The molecule has 10 heteroatoms. The van der Waals surface area contributed by atoms with Gasteiger partial charge < -0.3 is 15.7 Å². The fraction of sp³-hybridized carbons (Fsp3) is 0.238. The summed E-state index contributed by atoms with van der Waals surface area (Å²) in [5, 5.41) is 26.1. The molecule has 0 aliphatic rings. The van der Waals surface area contributed by atoms with Crippen LogP contribution in [0.15, 0.2) is 66.9 Å². The van der Waals surface area contributed by atoms with E-state index in [1.54, 1.807) is 54.6 Å². The van der Waals surface area contributed by atoms with Gasteiger partial charge in [0.15, 0.2) is 6.19 Å². The molecule has 0 radical (unpaired) electrons. The number of carbonyl (C=O) groups excluding carboxylic acids is 1. The summed E-state index contributed by atoms with van der Waals surface area (Å²) in [5.74, 6) is -0.565. The highest BCUT2D eigenvalue weighted by molar-refractivity contribution is 7.88. The molecule has 1 amide bonds. The first-order valence-electron chi connectivity index (χ1n) is 9.41. The molecule has 2 rings (SSSR count). The van der Waals surface area contributed by atoms with Crippen LogP contribution in [-0.2, 0) is 27.1 Å². The number of aliphatic hydroxyl groups is 1. The molecule has 164 valence electrons. The van der Waals surface area contributed by atoms with Crippen LogP contribution in [0.3, 0.4) is 0 Å². The Balaban J connectivity index is 1.79. The van der Waals surface area contributed by atoms with E-state index in [1.165, 1.54) is 0 Å². The maximum atomic E-state index is 12.3. The van der Waals surface area contributed by atoms with Crippen molar-refractivity contribution in [3.8, 4) is 6.19 Å². The van der Waals surface area contributed by atoms with Crippen LogP contribution in [0, 0.1) is 11.5 Å². The maximum Gasteiger partial charge on any atom is 0.239 e. The Labute approximate surface area is 181 Å². The van der Waals surface area contributed by atoms with Gasteiger partial charge in [-0.15, -0.1) is 0 Å². The summed E-state index contributed by atoms with van der Waals surface area (Å²) in [6.45, 7) is 3.36. The number of aliphatic hydroxyl groups excluding tert-OH is 1. The molecule has 2 aromatic rings. The van der Waals surface area contributed by atoms with Crippen molar-refractivity contribution in [1.82, 2.24) is 15.4 Å². The fourth-order valence-corrected chi connectivity index (χ4v) is 3.99. The van der Waals surface area contributed by atoms with Gasteiger partial charge in [0.1, 0.15) is 0 Å². The first-order chi connectivity index (χ1) is 14.8. The SMILES string of the molecule is C=C(NCC(=O)NCc1ccc(NC#N)cc1)C(CO)NS(=O)(=O)Cc1ccccc1. The minimum atomic E-state index is -3.72. The van der Waals surface area contributed by atoms with Crippen molar-refractivity contribution >= 4 is 21.6 Å². The zero-order valence-corrected chi connectivity index (χ0v) is 17.7. The average Bonchev–Trinajstić information content (AvgIpc) is 2.76. The highest BCUT2D eigenvalue weighted by Crippen LogP contribution is 2.09. The summed E-state index contributed by atoms with van der Waals surface area (Å²) in [4.78, 5) is 12.1. The number of hydrogen-bond acceptors (Lipinski definition) is 7. The lowest BCUT2D eigenvalue weighted by molar-refractivity contribution is -0.120. The largest absolute Gasteiger partial charge is 0.394 e. The number of rotatable bonds is 12. The molecule has 1 unspecified atom stereocenters. The number of amides is 1. The highest BCUT2D eigenvalue weighted by atomic mass is 32.2. The van der Waals surface area contributed by atoms with Crippen molar-refractivity contribution in [3.05, 3.63) is 78.0 Å². The Morgan fingerprint density at radius 2 is 1.74 bits per heavy atom. The van der Waals surface area contributed by atoms with E-state index in [-0.39, 0.29) is 30.4 Å². The van der Waals surface area contributed by atoms with Gasteiger partial charge in [-0.3, -0.25) is 10.1 Å². The molecule has 0 spiro atoms. The first kappa shape index (κ1) is 23.9. The third-order valence-electron chi connectivity index (χ3n) is 4.24. The van der Waals surface area contributed by atoms with Crippen LogP contribution in [0.1, 0.15) is 11.1 Å². The fourth-order valence-electron chi connectivity index (χ4n) is 2.62. The van der Waals surface area contributed by atoms with E-state index < -0.39 is 22.7 Å². The summed E-state index contributed by atoms with van der Waals surface area (Å²) in [7, 11) is -3.72. The number of carbonyl (C=O) groups is 1. The summed E-state index contributed by atoms with van der Waals surface area (Å²) < 4.78 is 27.1. The first-order valence-corrected chi connectivity index (χ1v) is 11.1. The molecule has 1 atom stereocenters.